The molecule has 0 radical (unpaired) electrons. The fourth-order valence-electron chi connectivity index (χ4n) is 3.58. The minimum atomic E-state index is -0.476. The Bertz CT molecular complexity index is 1180. The lowest BCUT2D eigenvalue weighted by atomic mass is 10.1. The van der Waals surface area contributed by atoms with Gasteiger partial charge in [-0.3, -0.25) is 19.7 Å². The van der Waals surface area contributed by atoms with Gasteiger partial charge in [0.05, 0.1) is 10.5 Å². The van der Waals surface area contributed by atoms with Crippen LogP contribution < -0.4 is 5.32 Å². The number of nitro groups is 1. The molecule has 2 amide bonds. The highest BCUT2D eigenvalue weighted by atomic mass is 16.6. The van der Waals surface area contributed by atoms with Gasteiger partial charge in [0.15, 0.2) is 0 Å². The molecular formula is C24H21N3O5. The SMILES string of the molecule is O=C(N/C(=C/c1ccc(-c2ccccc2[N+](=O)[O-])o1)C(=O)N1CCCC1)c1ccccc1. The monoisotopic (exact) mass is 431 g/mol. The highest BCUT2D eigenvalue weighted by Gasteiger charge is 2.24. The van der Waals surface area contributed by atoms with Crippen LogP contribution in [0.4, 0.5) is 5.69 Å². The molecule has 1 fully saturated rings. The molecule has 1 aliphatic heterocycles. The van der Waals surface area contributed by atoms with Crippen molar-refractivity contribution in [3.05, 3.63) is 93.9 Å². The molecule has 0 bridgehead atoms. The van der Waals surface area contributed by atoms with E-state index in [-0.39, 0.29) is 17.3 Å². The topological polar surface area (TPSA) is 106 Å². The lowest BCUT2D eigenvalue weighted by molar-refractivity contribution is -0.384. The van der Waals surface area contributed by atoms with Crippen molar-refractivity contribution in [3.8, 4) is 11.3 Å². The molecule has 162 valence electrons. The number of amides is 2. The summed E-state index contributed by atoms with van der Waals surface area (Å²) in [6, 6.07) is 18.1. The van der Waals surface area contributed by atoms with Crippen LogP contribution in [0.15, 0.2) is 76.8 Å². The smallest absolute Gasteiger partial charge is 0.280 e. The first-order valence-electron chi connectivity index (χ1n) is 10.2. The van der Waals surface area contributed by atoms with Gasteiger partial charge in [0, 0.05) is 30.8 Å². The van der Waals surface area contributed by atoms with Gasteiger partial charge in [-0.15, -0.1) is 0 Å². The van der Waals surface area contributed by atoms with Crippen molar-refractivity contribution in [3.63, 3.8) is 0 Å². The molecule has 0 atom stereocenters. The second-order valence-electron chi connectivity index (χ2n) is 7.35. The Kier molecular flexibility index (Phi) is 6.12. The first kappa shape index (κ1) is 21.0. The van der Waals surface area contributed by atoms with Crippen LogP contribution in [0.2, 0.25) is 0 Å². The maximum atomic E-state index is 13.0. The van der Waals surface area contributed by atoms with Crippen molar-refractivity contribution >= 4 is 23.6 Å². The summed E-state index contributed by atoms with van der Waals surface area (Å²) < 4.78 is 5.79. The van der Waals surface area contributed by atoms with E-state index in [1.807, 2.05) is 0 Å². The van der Waals surface area contributed by atoms with E-state index >= 15 is 0 Å². The number of likely N-dealkylation sites (tertiary alicyclic amines) is 1. The number of para-hydroxylation sites is 1. The van der Waals surface area contributed by atoms with Crippen LogP contribution in [0.25, 0.3) is 17.4 Å². The summed E-state index contributed by atoms with van der Waals surface area (Å²) >= 11 is 0. The molecule has 32 heavy (non-hydrogen) atoms. The third-order valence-corrected chi connectivity index (χ3v) is 5.19. The molecule has 0 spiro atoms. The van der Waals surface area contributed by atoms with Crippen molar-refractivity contribution in [2.24, 2.45) is 0 Å². The standard InChI is InChI=1S/C24H21N3O5/c28-23(17-8-2-1-3-9-17)25-20(24(29)26-14-6-7-15-26)16-18-12-13-22(32-18)19-10-4-5-11-21(19)27(30)31/h1-5,8-13,16H,6-7,14-15H2,(H,25,28)/b20-16+. The maximum absolute atomic E-state index is 13.0. The van der Waals surface area contributed by atoms with Crippen molar-refractivity contribution in [1.82, 2.24) is 10.2 Å². The van der Waals surface area contributed by atoms with Crippen LogP contribution in [0, 0.1) is 10.1 Å². The van der Waals surface area contributed by atoms with E-state index in [0.717, 1.165) is 12.8 Å². The highest BCUT2D eigenvalue weighted by molar-refractivity contribution is 6.05. The van der Waals surface area contributed by atoms with Crippen LogP contribution in [-0.4, -0.2) is 34.7 Å². The molecule has 0 aliphatic carbocycles. The fraction of sp³-hybridized carbons (Fsp3) is 0.167. The van der Waals surface area contributed by atoms with Gasteiger partial charge < -0.3 is 14.6 Å². The van der Waals surface area contributed by atoms with Crippen molar-refractivity contribution in [2.45, 2.75) is 12.8 Å². The summed E-state index contributed by atoms with van der Waals surface area (Å²) in [6.07, 6.45) is 3.28. The molecule has 4 rings (SSSR count). The Labute approximate surface area is 184 Å². The molecule has 8 nitrogen and oxygen atoms in total. The zero-order chi connectivity index (χ0) is 22.5. The van der Waals surface area contributed by atoms with E-state index < -0.39 is 10.8 Å². The Balaban J connectivity index is 1.65. The molecule has 3 aromatic rings. The number of hydrogen-bond donors (Lipinski definition) is 1. The van der Waals surface area contributed by atoms with E-state index in [1.165, 1.54) is 12.1 Å². The Morgan fingerprint density at radius 2 is 1.66 bits per heavy atom. The van der Waals surface area contributed by atoms with Gasteiger partial charge >= 0.3 is 0 Å². The van der Waals surface area contributed by atoms with E-state index in [1.54, 1.807) is 65.6 Å². The maximum Gasteiger partial charge on any atom is 0.280 e. The average Bonchev–Trinajstić information content (AvgIpc) is 3.51. The van der Waals surface area contributed by atoms with Gasteiger partial charge in [-0.2, -0.15) is 0 Å². The van der Waals surface area contributed by atoms with Gasteiger partial charge in [-0.05, 0) is 43.2 Å². The normalized spacial score (nSPS) is 13.8. The largest absolute Gasteiger partial charge is 0.456 e. The first-order chi connectivity index (χ1) is 15.5. The average molecular weight is 431 g/mol. The van der Waals surface area contributed by atoms with E-state index in [9.17, 15) is 19.7 Å². The third-order valence-electron chi connectivity index (χ3n) is 5.19. The summed E-state index contributed by atoms with van der Waals surface area (Å²) in [6.45, 7) is 1.24. The molecule has 1 saturated heterocycles. The van der Waals surface area contributed by atoms with E-state index in [2.05, 4.69) is 5.32 Å². The molecule has 2 aromatic carbocycles. The quantitative estimate of drug-likeness (QED) is 0.357. The summed E-state index contributed by atoms with van der Waals surface area (Å²) in [5, 5.41) is 14.0. The number of nitrogens with zero attached hydrogens (tertiary/aromatic N) is 2. The molecule has 2 heterocycles. The number of hydrogen-bond acceptors (Lipinski definition) is 5. The van der Waals surface area contributed by atoms with Crippen molar-refractivity contribution in [2.75, 3.05) is 13.1 Å². The summed E-state index contributed by atoms with van der Waals surface area (Å²) in [5.41, 5.74) is 0.762. The zero-order valence-corrected chi connectivity index (χ0v) is 17.2. The van der Waals surface area contributed by atoms with Gasteiger partial charge in [0.25, 0.3) is 17.5 Å². The van der Waals surface area contributed by atoms with Gasteiger partial charge in [0.1, 0.15) is 17.2 Å². The summed E-state index contributed by atoms with van der Waals surface area (Å²) in [7, 11) is 0. The Hall–Kier alpha value is -4.20. The van der Waals surface area contributed by atoms with Gasteiger partial charge in [-0.1, -0.05) is 30.3 Å². The predicted molar refractivity (Wildman–Crippen MR) is 118 cm³/mol. The van der Waals surface area contributed by atoms with Crippen LogP contribution in [0.3, 0.4) is 0 Å². The van der Waals surface area contributed by atoms with Crippen molar-refractivity contribution in [1.29, 1.82) is 0 Å². The van der Waals surface area contributed by atoms with Crippen molar-refractivity contribution < 1.29 is 18.9 Å². The van der Waals surface area contributed by atoms with Gasteiger partial charge in [-0.25, -0.2) is 0 Å². The highest BCUT2D eigenvalue weighted by Crippen LogP contribution is 2.31. The Morgan fingerprint density at radius 3 is 2.38 bits per heavy atom. The second-order valence-corrected chi connectivity index (χ2v) is 7.35. The molecule has 1 aromatic heterocycles. The molecule has 8 heteroatoms. The summed E-state index contributed by atoms with van der Waals surface area (Å²) in [5.74, 6) is -0.106. The van der Waals surface area contributed by atoms with Crippen LogP contribution in [-0.2, 0) is 4.79 Å². The molecule has 1 aliphatic rings. The number of carbonyl (C=O) groups is 2. The third kappa shape index (κ3) is 4.59. The second kappa shape index (κ2) is 9.30. The predicted octanol–water partition coefficient (Wildman–Crippen LogP) is 4.25. The van der Waals surface area contributed by atoms with Crippen LogP contribution in [0.5, 0.6) is 0 Å². The summed E-state index contributed by atoms with van der Waals surface area (Å²) in [4.78, 5) is 38.3. The Morgan fingerprint density at radius 1 is 0.969 bits per heavy atom. The van der Waals surface area contributed by atoms with Crippen LogP contribution >= 0.6 is 0 Å². The molecule has 0 saturated carbocycles. The number of rotatable bonds is 6. The molecular weight excluding hydrogens is 410 g/mol. The minimum absolute atomic E-state index is 0.0804. The zero-order valence-electron chi connectivity index (χ0n) is 17.2. The fourth-order valence-corrected chi connectivity index (χ4v) is 3.58. The van der Waals surface area contributed by atoms with Crippen LogP contribution in [0.1, 0.15) is 29.0 Å². The first-order valence-corrected chi connectivity index (χ1v) is 10.2. The minimum Gasteiger partial charge on any atom is -0.456 e. The molecule has 0 unspecified atom stereocenters. The van der Waals surface area contributed by atoms with E-state index in [0.29, 0.717) is 35.7 Å². The number of carbonyl (C=O) groups excluding carboxylic acids is 2. The lowest BCUT2D eigenvalue weighted by Gasteiger charge is -2.18. The number of furan rings is 1. The molecule has 1 N–H and O–H groups in total. The number of nitro benzene ring substituents is 1. The number of benzene rings is 2. The van der Waals surface area contributed by atoms with E-state index in [4.69, 9.17) is 4.42 Å². The van der Waals surface area contributed by atoms with Gasteiger partial charge in [0.2, 0.25) is 0 Å². The lowest BCUT2D eigenvalue weighted by Crippen LogP contribution is -2.36. The number of nitrogens with one attached hydrogen (secondary N) is 1.